The molecule has 0 fully saturated rings. The molecule has 6 aromatic rings. The number of ether oxygens (including phenoxy) is 2. The number of anilines is 4. The van der Waals surface area contributed by atoms with Crippen molar-refractivity contribution in [1.82, 2.24) is 19.9 Å². The van der Waals surface area contributed by atoms with Gasteiger partial charge in [-0.05, 0) is 105 Å². The van der Waals surface area contributed by atoms with Gasteiger partial charge in [0, 0.05) is 36.1 Å². The van der Waals surface area contributed by atoms with Crippen LogP contribution in [0.4, 0.5) is 49.9 Å². The summed E-state index contributed by atoms with van der Waals surface area (Å²) in [5, 5.41) is 26.3. The van der Waals surface area contributed by atoms with Gasteiger partial charge in [-0.3, -0.25) is 0 Å². The molecule has 2 aromatic heterocycles. The maximum atomic E-state index is 12.8. The average molecular weight is 976 g/mol. The van der Waals surface area contributed by atoms with Crippen molar-refractivity contribution >= 4 is 83.9 Å². The molecule has 0 aliphatic heterocycles. The number of aliphatic hydroxyl groups is 2. The Morgan fingerprint density at radius 1 is 0.585 bits per heavy atom. The van der Waals surface area contributed by atoms with Gasteiger partial charge >= 0.3 is 12.4 Å². The number of nitrogen functional groups attached to an aromatic ring is 2. The first-order valence-corrected chi connectivity index (χ1v) is 19.7. The molecule has 0 spiro atoms. The van der Waals surface area contributed by atoms with E-state index in [0.29, 0.717) is 57.8 Å². The zero-order valence-electron chi connectivity index (χ0n) is 34.1. The average Bonchev–Trinajstić information content (AvgIpc) is 3.19. The number of nitrogens with zero attached hydrogens (tertiary/aromatic N) is 4. The molecule has 0 aliphatic rings. The van der Waals surface area contributed by atoms with E-state index in [1.165, 1.54) is 18.2 Å². The van der Waals surface area contributed by atoms with Crippen LogP contribution in [0, 0.1) is 0 Å². The van der Waals surface area contributed by atoms with Crippen LogP contribution in [0.2, 0.25) is 5.02 Å². The van der Waals surface area contributed by atoms with Crippen molar-refractivity contribution in [3.8, 4) is 23.0 Å². The van der Waals surface area contributed by atoms with Gasteiger partial charge in [0.2, 0.25) is 11.9 Å². The van der Waals surface area contributed by atoms with Crippen molar-refractivity contribution in [2.45, 2.75) is 91.7 Å². The number of nitrogens with two attached hydrogens (primary N) is 2. The topological polar surface area (TPSA) is 187 Å². The third-order valence-electron chi connectivity index (χ3n) is 9.18. The molecule has 0 amide bonds. The standard InChI is InChI=1S/C21H22ClF3N4O2.C21H23F3N4O2.2CH4.2H2S/c1-2-3-13(8-9-30)27-19-15-11-14(5-6-17(15)28-20(26)29-19)31-18-7-4-12(10-16(18)22)21(23,24)25;1-2-3-14(10-11-29)26-19-17-12-16(8-9-18(17)27-20(25)28-19)30-15-6-4-13(5-7-15)21(22,23)24;;;;/h4-7,10-11,13,30H,2-3,8-9H2,1H3,(H3,26,27,28,29);4-9,12,14,29H,2-3,10-11H2,1H3,(H3,25,26,27,28);2*1H4;2*1H2/t13-;14-;;;;/m00..../s1. The van der Waals surface area contributed by atoms with Crippen molar-refractivity contribution in [2.75, 3.05) is 35.3 Å². The zero-order valence-corrected chi connectivity index (χ0v) is 36.9. The number of rotatable bonds is 16. The van der Waals surface area contributed by atoms with Crippen LogP contribution < -0.4 is 31.6 Å². The van der Waals surface area contributed by atoms with Crippen LogP contribution in [0.3, 0.4) is 0 Å². The van der Waals surface area contributed by atoms with Crippen LogP contribution in [0.1, 0.15) is 78.4 Å². The molecule has 0 aliphatic carbocycles. The van der Waals surface area contributed by atoms with Crippen molar-refractivity contribution in [1.29, 1.82) is 0 Å². The lowest BCUT2D eigenvalue weighted by Crippen LogP contribution is -2.22. The monoisotopic (exact) mass is 974 g/mol. The van der Waals surface area contributed by atoms with Gasteiger partial charge in [-0.25, -0.2) is 9.97 Å². The lowest BCUT2D eigenvalue weighted by Gasteiger charge is -2.19. The zero-order chi connectivity index (χ0) is 44.3. The minimum atomic E-state index is -4.49. The molecule has 12 nitrogen and oxygen atoms in total. The Morgan fingerprint density at radius 3 is 1.40 bits per heavy atom. The summed E-state index contributed by atoms with van der Waals surface area (Å²) in [4.78, 5) is 17.0. The summed E-state index contributed by atoms with van der Waals surface area (Å²) >= 11 is 5.99. The Balaban J connectivity index is 0.000000613. The first kappa shape index (κ1) is 57.9. The molecule has 0 saturated carbocycles. The number of nitrogens with one attached hydrogen (secondary N) is 2. The van der Waals surface area contributed by atoms with Gasteiger partial charge in [0.1, 0.15) is 34.6 Å². The van der Waals surface area contributed by atoms with Crippen LogP contribution in [0.5, 0.6) is 23.0 Å². The Hall–Kier alpha value is -5.15. The van der Waals surface area contributed by atoms with Crippen molar-refractivity contribution in [2.24, 2.45) is 0 Å². The lowest BCUT2D eigenvalue weighted by atomic mass is 10.1. The first-order valence-electron chi connectivity index (χ1n) is 19.3. The Labute approximate surface area is 393 Å². The van der Waals surface area contributed by atoms with E-state index >= 15 is 0 Å². The molecule has 358 valence electrons. The number of aliphatic hydroxyl groups excluding tert-OH is 2. The third-order valence-corrected chi connectivity index (χ3v) is 9.48. The fraction of sp³-hybridized carbons (Fsp3) is 0.364. The van der Waals surface area contributed by atoms with Crippen molar-refractivity contribution < 1.29 is 46.0 Å². The first-order chi connectivity index (χ1) is 29.0. The summed E-state index contributed by atoms with van der Waals surface area (Å²) in [6, 6.07) is 17.4. The predicted molar refractivity (Wildman–Crippen MR) is 258 cm³/mol. The van der Waals surface area contributed by atoms with E-state index in [1.54, 1.807) is 36.4 Å². The van der Waals surface area contributed by atoms with Crippen LogP contribution in [0.25, 0.3) is 21.8 Å². The summed E-state index contributed by atoms with van der Waals surface area (Å²) < 4.78 is 88.1. The quantitative estimate of drug-likeness (QED) is 0.0505. The number of alkyl halides is 6. The van der Waals surface area contributed by atoms with E-state index in [2.05, 4.69) is 37.5 Å². The maximum absolute atomic E-state index is 12.8. The molecule has 0 saturated heterocycles. The molecule has 4 aromatic carbocycles. The summed E-state index contributed by atoms with van der Waals surface area (Å²) in [7, 11) is 0. The number of aromatic nitrogens is 4. The summed E-state index contributed by atoms with van der Waals surface area (Å²) in [5.41, 5.74) is 11.2. The van der Waals surface area contributed by atoms with Crippen molar-refractivity contribution in [3.63, 3.8) is 0 Å². The highest BCUT2D eigenvalue weighted by Crippen LogP contribution is 2.38. The molecule has 2 heterocycles. The van der Waals surface area contributed by atoms with Gasteiger partial charge in [-0.1, -0.05) is 53.1 Å². The van der Waals surface area contributed by atoms with E-state index in [4.69, 9.17) is 32.5 Å². The molecule has 2 atom stereocenters. The summed E-state index contributed by atoms with van der Waals surface area (Å²) in [6.45, 7) is 4.15. The highest BCUT2D eigenvalue weighted by atomic mass is 35.5. The SMILES string of the molecule is C.C.CCC[C@@H](CCO)Nc1nc(N)nc2ccc(Oc3ccc(C(F)(F)F)cc3)cc12.CCC[C@@H](CCO)Nc1nc(N)nc2ccc(Oc3ccc(C(F)(F)F)cc3Cl)cc12.S.S. The van der Waals surface area contributed by atoms with Crippen LogP contribution >= 0.6 is 38.6 Å². The number of benzene rings is 4. The van der Waals surface area contributed by atoms with Gasteiger partial charge in [0.05, 0.1) is 27.2 Å². The molecule has 0 bridgehead atoms. The second-order valence-corrected chi connectivity index (χ2v) is 14.3. The molecule has 8 N–H and O–H groups in total. The van der Waals surface area contributed by atoms with Gasteiger partial charge in [-0.15, -0.1) is 0 Å². The normalized spacial score (nSPS) is 11.9. The Morgan fingerprint density at radius 2 is 1.00 bits per heavy atom. The van der Waals surface area contributed by atoms with E-state index in [0.717, 1.165) is 49.9 Å². The predicted octanol–water partition coefficient (Wildman–Crippen LogP) is 12.1. The maximum Gasteiger partial charge on any atom is 0.416 e. The van der Waals surface area contributed by atoms with E-state index in [-0.39, 0.29) is 95.6 Å². The van der Waals surface area contributed by atoms with Gasteiger partial charge in [-0.2, -0.15) is 63.3 Å². The van der Waals surface area contributed by atoms with Crippen LogP contribution in [0.15, 0.2) is 78.9 Å². The second kappa shape index (κ2) is 26.1. The van der Waals surface area contributed by atoms with Crippen LogP contribution in [-0.2, 0) is 12.4 Å². The Kier molecular flexibility index (Phi) is 23.2. The molecule has 0 unspecified atom stereocenters. The molecule has 6 rings (SSSR count). The van der Waals surface area contributed by atoms with Gasteiger partial charge < -0.3 is 41.8 Å². The molecular weight excluding hydrogens is 918 g/mol. The smallest absolute Gasteiger partial charge is 0.416 e. The number of hydrogen-bond donors (Lipinski definition) is 6. The second-order valence-electron chi connectivity index (χ2n) is 13.9. The Bertz CT molecular complexity index is 2390. The molecular formula is C44H57ClF6N8O4S2. The van der Waals surface area contributed by atoms with E-state index in [1.807, 2.05) is 6.92 Å². The molecule has 21 heteroatoms. The lowest BCUT2D eigenvalue weighted by molar-refractivity contribution is -0.138. The van der Waals surface area contributed by atoms with Gasteiger partial charge in [0.25, 0.3) is 0 Å². The summed E-state index contributed by atoms with van der Waals surface area (Å²) in [5.74, 6) is 2.34. The van der Waals surface area contributed by atoms with E-state index < -0.39 is 23.5 Å². The van der Waals surface area contributed by atoms with Gasteiger partial charge in [0.15, 0.2) is 0 Å². The molecule has 0 radical (unpaired) electrons. The minimum absolute atomic E-state index is 0. The van der Waals surface area contributed by atoms with E-state index in [9.17, 15) is 36.6 Å². The number of halogens is 7. The summed E-state index contributed by atoms with van der Waals surface area (Å²) in [6.07, 6.45) is -4.29. The number of fused-ring (bicyclic) bond motifs is 2. The van der Waals surface area contributed by atoms with Crippen LogP contribution in [-0.4, -0.2) is 55.4 Å². The fourth-order valence-electron chi connectivity index (χ4n) is 6.31. The highest BCUT2D eigenvalue weighted by molar-refractivity contribution is 7.59. The fourth-order valence-corrected chi connectivity index (χ4v) is 6.52. The highest BCUT2D eigenvalue weighted by Gasteiger charge is 2.31. The molecule has 65 heavy (non-hydrogen) atoms. The minimum Gasteiger partial charge on any atom is -0.457 e. The largest absolute Gasteiger partial charge is 0.457 e. The third kappa shape index (κ3) is 16.4. The number of hydrogen-bond acceptors (Lipinski definition) is 12. The van der Waals surface area contributed by atoms with Crippen molar-refractivity contribution in [3.05, 3.63) is 95.0 Å².